The van der Waals surface area contributed by atoms with Gasteiger partial charge in [0.15, 0.2) is 0 Å². The smallest absolute Gasteiger partial charge is 0.329 e. The Bertz CT molecular complexity index is 588. The molecule has 0 radical (unpaired) electrons. The highest BCUT2D eigenvalue weighted by atomic mass is 35.5. The fraction of sp³-hybridized carbons (Fsp3) is 0.571. The van der Waals surface area contributed by atoms with Gasteiger partial charge in [0, 0.05) is 12.2 Å². The summed E-state index contributed by atoms with van der Waals surface area (Å²) < 4.78 is 7.25. The minimum atomic E-state index is -1.00. The van der Waals surface area contributed by atoms with Gasteiger partial charge in [-0.2, -0.15) is 0 Å². The van der Waals surface area contributed by atoms with Crippen molar-refractivity contribution in [3.05, 3.63) is 23.0 Å². The summed E-state index contributed by atoms with van der Waals surface area (Å²) in [5.41, 5.74) is 0.0252. The van der Waals surface area contributed by atoms with Crippen LogP contribution in [-0.4, -0.2) is 51.7 Å². The molecule has 0 spiro atoms. The molecule has 1 aromatic heterocycles. The maximum absolute atomic E-state index is 12.5. The maximum atomic E-state index is 12.5. The third kappa shape index (κ3) is 2.91. The van der Waals surface area contributed by atoms with Gasteiger partial charge in [-0.15, -0.1) is 0 Å². The molecule has 1 aliphatic heterocycles. The number of halogens is 1. The third-order valence-electron chi connectivity index (χ3n) is 3.86. The molecule has 2 heterocycles. The number of carbonyl (C=O) groups excluding carboxylic acids is 1. The molecule has 0 bridgehead atoms. The molecule has 21 heavy (non-hydrogen) atoms. The molecule has 114 valence electrons. The monoisotopic (exact) mass is 312 g/mol. The maximum Gasteiger partial charge on any atom is 0.329 e. The second-order valence-electron chi connectivity index (χ2n) is 5.98. The third-order valence-corrected chi connectivity index (χ3v) is 4.06. The average molecular weight is 313 g/mol. The highest BCUT2D eigenvalue weighted by Gasteiger charge is 2.44. The van der Waals surface area contributed by atoms with Gasteiger partial charge in [0.25, 0.3) is 5.91 Å². The number of hydrogen-bond donors (Lipinski definition) is 1. The molecule has 0 atom stereocenters. The predicted octanol–water partition coefficient (Wildman–Crippen LogP) is 1.79. The summed E-state index contributed by atoms with van der Waals surface area (Å²) in [5, 5.41) is 9.20. The lowest BCUT2D eigenvalue weighted by Gasteiger charge is -2.47. The Morgan fingerprint density at radius 1 is 1.48 bits per heavy atom. The van der Waals surface area contributed by atoms with Crippen LogP contribution in [-0.2, 0) is 9.53 Å². The van der Waals surface area contributed by atoms with Crippen molar-refractivity contribution in [1.29, 1.82) is 0 Å². The Labute approximate surface area is 127 Å². The predicted molar refractivity (Wildman–Crippen MR) is 75.6 cm³/mol. The molecule has 1 saturated carbocycles. The van der Waals surface area contributed by atoms with E-state index < -0.39 is 11.6 Å². The van der Waals surface area contributed by atoms with Crippen LogP contribution < -0.4 is 0 Å². The highest BCUT2D eigenvalue weighted by Crippen LogP contribution is 2.38. The molecule has 1 saturated heterocycles. The van der Waals surface area contributed by atoms with Crippen LogP contribution in [0.3, 0.4) is 0 Å². The van der Waals surface area contributed by atoms with E-state index in [1.165, 1.54) is 0 Å². The minimum absolute atomic E-state index is 0.0785. The summed E-state index contributed by atoms with van der Waals surface area (Å²) in [6.45, 7) is 2.26. The van der Waals surface area contributed by atoms with Crippen LogP contribution in [0.1, 0.15) is 36.3 Å². The number of carboxylic acid groups (broad SMARTS) is 1. The van der Waals surface area contributed by atoms with Gasteiger partial charge in [0.2, 0.25) is 0 Å². The molecular formula is C14H17ClN2O4. The van der Waals surface area contributed by atoms with E-state index in [9.17, 15) is 9.59 Å². The number of nitrogens with zero attached hydrogens (tertiary/aromatic N) is 2. The van der Waals surface area contributed by atoms with Crippen molar-refractivity contribution < 1.29 is 19.4 Å². The number of aromatic nitrogens is 1. The lowest BCUT2D eigenvalue weighted by molar-refractivity contribution is -0.160. The Hall–Kier alpha value is -1.53. The van der Waals surface area contributed by atoms with Crippen LogP contribution >= 0.6 is 11.6 Å². The zero-order chi connectivity index (χ0) is 15.2. The van der Waals surface area contributed by atoms with Gasteiger partial charge in [-0.1, -0.05) is 11.6 Å². The van der Waals surface area contributed by atoms with E-state index in [2.05, 4.69) is 0 Å². The van der Waals surface area contributed by atoms with E-state index in [1.807, 2.05) is 11.5 Å². The van der Waals surface area contributed by atoms with Gasteiger partial charge in [-0.05, 0) is 25.8 Å². The zero-order valence-corrected chi connectivity index (χ0v) is 12.5. The standard InChI is InChI=1S/C14H17ClN2O4/c1-14(21-6-12(18)19)7-16(8-14)13(20)11-4-9(15)5-17(11)10-2-3-10/h4-5,10H,2-3,6-8H2,1H3,(H,18,19). The normalized spacial score (nSPS) is 20.2. The SMILES string of the molecule is CC1(OCC(=O)O)CN(C(=O)c2cc(Cl)cn2C2CC2)C1. The molecule has 0 aromatic carbocycles. The molecular weight excluding hydrogens is 296 g/mol. The van der Waals surface area contributed by atoms with Gasteiger partial charge >= 0.3 is 5.97 Å². The van der Waals surface area contributed by atoms with Gasteiger partial charge in [-0.25, -0.2) is 4.79 Å². The first-order valence-electron chi connectivity index (χ1n) is 6.90. The molecule has 3 rings (SSSR count). The summed E-state index contributed by atoms with van der Waals surface area (Å²) in [4.78, 5) is 24.7. The number of likely N-dealkylation sites (tertiary alicyclic amines) is 1. The van der Waals surface area contributed by atoms with Crippen LogP contribution in [0.15, 0.2) is 12.3 Å². The largest absolute Gasteiger partial charge is 0.480 e. The molecule has 6 nitrogen and oxygen atoms in total. The Morgan fingerprint density at radius 2 is 2.14 bits per heavy atom. The average Bonchev–Trinajstić information content (AvgIpc) is 3.15. The number of aliphatic carboxylic acids is 1. The Balaban J connectivity index is 1.64. The quantitative estimate of drug-likeness (QED) is 0.900. The van der Waals surface area contributed by atoms with Crippen molar-refractivity contribution in [2.45, 2.75) is 31.4 Å². The number of carboxylic acids is 1. The van der Waals surface area contributed by atoms with E-state index in [-0.39, 0.29) is 12.5 Å². The fourth-order valence-electron chi connectivity index (χ4n) is 2.67. The molecule has 1 aliphatic carbocycles. The second kappa shape index (κ2) is 5.03. The van der Waals surface area contributed by atoms with Crippen LogP contribution in [0.4, 0.5) is 0 Å². The molecule has 2 fully saturated rings. The van der Waals surface area contributed by atoms with Gasteiger partial charge in [0.1, 0.15) is 17.9 Å². The van der Waals surface area contributed by atoms with Gasteiger partial charge in [-0.3, -0.25) is 4.79 Å². The Morgan fingerprint density at radius 3 is 2.71 bits per heavy atom. The van der Waals surface area contributed by atoms with E-state index >= 15 is 0 Å². The number of amides is 1. The first-order valence-corrected chi connectivity index (χ1v) is 7.28. The Kier molecular flexibility index (Phi) is 3.45. The lowest BCUT2D eigenvalue weighted by atomic mass is 9.96. The summed E-state index contributed by atoms with van der Waals surface area (Å²) >= 11 is 6.01. The van der Waals surface area contributed by atoms with E-state index in [0.29, 0.717) is 29.8 Å². The fourth-order valence-corrected chi connectivity index (χ4v) is 2.87. The molecule has 1 N–H and O–H groups in total. The first kappa shape index (κ1) is 14.4. The molecule has 7 heteroatoms. The summed E-state index contributed by atoms with van der Waals surface area (Å²) in [5.74, 6) is -1.08. The van der Waals surface area contributed by atoms with E-state index in [4.69, 9.17) is 21.4 Å². The zero-order valence-electron chi connectivity index (χ0n) is 11.7. The first-order chi connectivity index (χ1) is 9.88. The topological polar surface area (TPSA) is 71.8 Å². The number of carbonyl (C=O) groups is 2. The number of hydrogen-bond acceptors (Lipinski definition) is 3. The molecule has 1 aromatic rings. The van der Waals surface area contributed by atoms with Crippen molar-refractivity contribution in [2.75, 3.05) is 19.7 Å². The minimum Gasteiger partial charge on any atom is -0.480 e. The van der Waals surface area contributed by atoms with Crippen LogP contribution in [0.5, 0.6) is 0 Å². The van der Waals surface area contributed by atoms with Crippen molar-refractivity contribution in [3.63, 3.8) is 0 Å². The highest BCUT2D eigenvalue weighted by molar-refractivity contribution is 6.31. The van der Waals surface area contributed by atoms with E-state index in [1.54, 1.807) is 17.2 Å². The van der Waals surface area contributed by atoms with E-state index in [0.717, 1.165) is 12.8 Å². The van der Waals surface area contributed by atoms with Gasteiger partial charge < -0.3 is 19.3 Å². The second-order valence-corrected chi connectivity index (χ2v) is 6.41. The molecule has 0 unspecified atom stereocenters. The number of rotatable bonds is 5. The van der Waals surface area contributed by atoms with Crippen molar-refractivity contribution in [3.8, 4) is 0 Å². The molecule has 2 aliphatic rings. The van der Waals surface area contributed by atoms with Gasteiger partial charge in [0.05, 0.1) is 18.1 Å². The van der Waals surface area contributed by atoms with Crippen molar-refractivity contribution in [2.24, 2.45) is 0 Å². The van der Waals surface area contributed by atoms with Crippen LogP contribution in [0.25, 0.3) is 0 Å². The van der Waals surface area contributed by atoms with Crippen molar-refractivity contribution >= 4 is 23.5 Å². The van der Waals surface area contributed by atoms with Crippen molar-refractivity contribution in [1.82, 2.24) is 9.47 Å². The molecule has 1 amide bonds. The summed E-state index contributed by atoms with van der Waals surface area (Å²) in [7, 11) is 0. The lowest BCUT2D eigenvalue weighted by Crippen LogP contribution is -2.63. The van der Waals surface area contributed by atoms with Crippen LogP contribution in [0.2, 0.25) is 5.02 Å². The summed E-state index contributed by atoms with van der Waals surface area (Å²) in [6.07, 6.45) is 3.95. The summed E-state index contributed by atoms with van der Waals surface area (Å²) in [6, 6.07) is 2.07. The van der Waals surface area contributed by atoms with Crippen LogP contribution in [0, 0.1) is 0 Å². The number of ether oxygens (including phenoxy) is 1.